The van der Waals surface area contributed by atoms with E-state index in [1.54, 1.807) is 29.5 Å². The maximum atomic E-state index is 12.8. The number of rotatable bonds is 3. The summed E-state index contributed by atoms with van der Waals surface area (Å²) in [5.74, 6) is -0.988. The van der Waals surface area contributed by atoms with Crippen LogP contribution in [0, 0.1) is 0 Å². The summed E-state index contributed by atoms with van der Waals surface area (Å²) >= 11 is 1.57. The Hall–Kier alpha value is -2.54. The molecule has 1 aliphatic carbocycles. The molecule has 1 aromatic carbocycles. The van der Waals surface area contributed by atoms with Crippen LogP contribution in [0.1, 0.15) is 39.2 Å². The fourth-order valence-corrected chi connectivity index (χ4v) is 4.38. The first-order valence-electron chi connectivity index (χ1n) is 7.84. The van der Waals surface area contributed by atoms with Crippen molar-refractivity contribution in [2.24, 2.45) is 0 Å². The Morgan fingerprint density at radius 3 is 2.96 bits per heavy atom. The third-order valence-corrected chi connectivity index (χ3v) is 5.53. The highest BCUT2D eigenvalue weighted by atomic mass is 32.1. The van der Waals surface area contributed by atoms with Crippen molar-refractivity contribution in [2.75, 3.05) is 0 Å². The van der Waals surface area contributed by atoms with Gasteiger partial charge in [0.15, 0.2) is 4.83 Å². The molecular formula is C17H15N3O3S. The summed E-state index contributed by atoms with van der Waals surface area (Å²) in [5.41, 5.74) is 1.91. The second-order valence-electron chi connectivity index (χ2n) is 5.95. The predicted molar refractivity (Wildman–Crippen MR) is 90.8 cm³/mol. The lowest BCUT2D eigenvalue weighted by atomic mass is 9.97. The van der Waals surface area contributed by atoms with E-state index in [1.165, 1.54) is 15.6 Å². The smallest absolute Gasteiger partial charge is 0.335 e. The van der Waals surface area contributed by atoms with Crippen LogP contribution in [-0.2, 0) is 19.4 Å². The summed E-state index contributed by atoms with van der Waals surface area (Å²) in [6, 6.07) is 6.54. The lowest BCUT2D eigenvalue weighted by Gasteiger charge is -2.10. The quantitative estimate of drug-likeness (QED) is 0.791. The number of hydrogen-bond donors (Lipinski definition) is 1. The molecule has 6 nitrogen and oxygen atoms in total. The van der Waals surface area contributed by atoms with Crippen LogP contribution in [-0.4, -0.2) is 26.1 Å². The highest BCUT2D eigenvalue weighted by Gasteiger charge is 2.20. The Kier molecular flexibility index (Phi) is 3.65. The summed E-state index contributed by atoms with van der Waals surface area (Å²) in [7, 11) is 0. The lowest BCUT2D eigenvalue weighted by molar-refractivity contribution is 0.0696. The van der Waals surface area contributed by atoms with Gasteiger partial charge < -0.3 is 5.11 Å². The fraction of sp³-hybridized carbons (Fsp3) is 0.294. The number of aromatic carboxylic acids is 1. The van der Waals surface area contributed by atoms with Gasteiger partial charge in [0.2, 0.25) is 0 Å². The van der Waals surface area contributed by atoms with E-state index in [0.29, 0.717) is 10.2 Å². The van der Waals surface area contributed by atoms with Crippen molar-refractivity contribution in [1.29, 1.82) is 0 Å². The van der Waals surface area contributed by atoms with Crippen LogP contribution in [0.25, 0.3) is 10.2 Å². The van der Waals surface area contributed by atoms with Crippen LogP contribution < -0.4 is 5.56 Å². The van der Waals surface area contributed by atoms with Gasteiger partial charge in [-0.1, -0.05) is 17.3 Å². The molecule has 0 spiro atoms. The minimum absolute atomic E-state index is 0.139. The van der Waals surface area contributed by atoms with Crippen LogP contribution in [0.4, 0.5) is 0 Å². The number of carboxylic acid groups (broad SMARTS) is 1. The zero-order chi connectivity index (χ0) is 16.7. The third kappa shape index (κ3) is 2.50. The molecule has 1 aliphatic rings. The highest BCUT2D eigenvalue weighted by molar-refractivity contribution is 7.18. The van der Waals surface area contributed by atoms with Gasteiger partial charge in [0, 0.05) is 4.88 Å². The first-order valence-corrected chi connectivity index (χ1v) is 8.65. The minimum Gasteiger partial charge on any atom is -0.478 e. The molecule has 1 N–H and O–H groups in total. The minimum atomic E-state index is -0.988. The predicted octanol–water partition coefficient (Wildman–Crippen LogP) is 2.48. The third-order valence-electron chi connectivity index (χ3n) is 4.35. The average molecular weight is 341 g/mol. The molecule has 24 heavy (non-hydrogen) atoms. The molecule has 2 aromatic heterocycles. The van der Waals surface area contributed by atoms with Crippen LogP contribution in [0.3, 0.4) is 0 Å². The van der Waals surface area contributed by atoms with Gasteiger partial charge in [0.1, 0.15) is 0 Å². The van der Waals surface area contributed by atoms with Crippen LogP contribution in [0.2, 0.25) is 0 Å². The zero-order valence-corrected chi connectivity index (χ0v) is 13.7. The Balaban J connectivity index is 1.78. The molecule has 0 unspecified atom stereocenters. The number of thiophene rings is 1. The molecular weight excluding hydrogens is 326 g/mol. The number of aromatic nitrogens is 3. The highest BCUT2D eigenvalue weighted by Crippen LogP contribution is 2.33. The summed E-state index contributed by atoms with van der Waals surface area (Å²) in [6.45, 7) is 0.216. The van der Waals surface area contributed by atoms with Crippen LogP contribution in [0.15, 0.2) is 29.1 Å². The van der Waals surface area contributed by atoms with Gasteiger partial charge in [0.25, 0.3) is 5.56 Å². The van der Waals surface area contributed by atoms with E-state index >= 15 is 0 Å². The molecule has 0 amide bonds. The SMILES string of the molecule is O=C(O)c1cccc(Cn2nnc3sc4c(c3c2=O)CCCC4)c1. The van der Waals surface area contributed by atoms with Crippen LogP contribution in [0.5, 0.6) is 0 Å². The number of benzene rings is 1. The first-order chi connectivity index (χ1) is 11.6. The Bertz CT molecular complexity index is 1010. The maximum Gasteiger partial charge on any atom is 0.335 e. The van der Waals surface area contributed by atoms with Crippen molar-refractivity contribution >= 4 is 27.5 Å². The van der Waals surface area contributed by atoms with Gasteiger partial charge in [-0.15, -0.1) is 16.4 Å². The van der Waals surface area contributed by atoms with E-state index in [9.17, 15) is 9.59 Å². The van der Waals surface area contributed by atoms with Crippen molar-refractivity contribution in [2.45, 2.75) is 32.2 Å². The molecule has 122 valence electrons. The molecule has 3 aromatic rings. The van der Waals surface area contributed by atoms with Crippen molar-refractivity contribution in [3.8, 4) is 0 Å². The molecule has 0 radical (unpaired) electrons. The van der Waals surface area contributed by atoms with E-state index in [2.05, 4.69) is 10.3 Å². The number of nitrogens with zero attached hydrogens (tertiary/aromatic N) is 3. The van der Waals surface area contributed by atoms with Gasteiger partial charge in [0.05, 0.1) is 17.5 Å². The molecule has 0 aliphatic heterocycles. The van der Waals surface area contributed by atoms with E-state index in [0.717, 1.165) is 36.8 Å². The van der Waals surface area contributed by atoms with Gasteiger partial charge in [-0.25, -0.2) is 9.48 Å². The van der Waals surface area contributed by atoms with Gasteiger partial charge >= 0.3 is 5.97 Å². The number of fused-ring (bicyclic) bond motifs is 3. The monoisotopic (exact) mass is 341 g/mol. The summed E-state index contributed by atoms with van der Waals surface area (Å²) < 4.78 is 1.32. The van der Waals surface area contributed by atoms with Crippen molar-refractivity contribution in [3.05, 3.63) is 56.2 Å². The van der Waals surface area contributed by atoms with Crippen molar-refractivity contribution in [1.82, 2.24) is 15.0 Å². The second-order valence-corrected chi connectivity index (χ2v) is 7.03. The largest absolute Gasteiger partial charge is 0.478 e. The molecule has 2 heterocycles. The standard InChI is InChI=1S/C17H15N3O3S/c21-16-14-12-6-1-2-7-13(12)24-15(14)18-19-20(16)9-10-4-3-5-11(8-10)17(22)23/h3-5,8H,1-2,6-7,9H2,(H,22,23). The summed E-state index contributed by atoms with van der Waals surface area (Å²) in [4.78, 5) is 25.9. The Morgan fingerprint density at radius 1 is 1.29 bits per heavy atom. The van der Waals surface area contributed by atoms with Crippen molar-refractivity contribution in [3.63, 3.8) is 0 Å². The zero-order valence-electron chi connectivity index (χ0n) is 12.9. The Labute approximate surface area is 141 Å². The molecule has 4 rings (SSSR count). The van der Waals surface area contributed by atoms with Crippen molar-refractivity contribution < 1.29 is 9.90 Å². The fourth-order valence-electron chi connectivity index (χ4n) is 3.19. The average Bonchev–Trinajstić information content (AvgIpc) is 2.97. The summed E-state index contributed by atoms with van der Waals surface area (Å²) in [5, 5.41) is 18.0. The van der Waals surface area contributed by atoms with Gasteiger partial charge in [-0.2, -0.15) is 0 Å². The second kappa shape index (κ2) is 5.83. The van der Waals surface area contributed by atoms with E-state index in [-0.39, 0.29) is 17.7 Å². The van der Waals surface area contributed by atoms with Gasteiger partial charge in [-0.05, 0) is 48.9 Å². The van der Waals surface area contributed by atoms with E-state index < -0.39 is 5.97 Å². The Morgan fingerprint density at radius 2 is 2.12 bits per heavy atom. The number of aryl methyl sites for hydroxylation is 2. The molecule has 7 heteroatoms. The van der Waals surface area contributed by atoms with Gasteiger partial charge in [-0.3, -0.25) is 4.79 Å². The summed E-state index contributed by atoms with van der Waals surface area (Å²) in [6.07, 6.45) is 4.19. The normalized spacial score (nSPS) is 13.8. The lowest BCUT2D eigenvalue weighted by Crippen LogP contribution is -2.25. The van der Waals surface area contributed by atoms with E-state index in [4.69, 9.17) is 5.11 Å². The maximum absolute atomic E-state index is 12.8. The van der Waals surface area contributed by atoms with Crippen LogP contribution >= 0.6 is 11.3 Å². The molecule has 0 saturated carbocycles. The molecule has 0 bridgehead atoms. The number of carboxylic acids is 1. The molecule has 0 saturated heterocycles. The number of carbonyl (C=O) groups is 1. The van der Waals surface area contributed by atoms with E-state index in [1.807, 2.05) is 0 Å². The number of hydrogen-bond acceptors (Lipinski definition) is 5. The molecule has 0 atom stereocenters. The first kappa shape index (κ1) is 15.0. The topological polar surface area (TPSA) is 85.1 Å². The molecule has 0 fully saturated rings.